The fourth-order valence-corrected chi connectivity index (χ4v) is 3.11. The average Bonchev–Trinajstić information content (AvgIpc) is 2.82. The van der Waals surface area contributed by atoms with Crippen LogP contribution >= 0.6 is 27.5 Å². The number of hydrogen-bond donors (Lipinski definition) is 2. The van der Waals surface area contributed by atoms with Crippen LogP contribution < -0.4 is 20.2 Å². The van der Waals surface area contributed by atoms with Gasteiger partial charge in [0.25, 0.3) is 0 Å². The van der Waals surface area contributed by atoms with Gasteiger partial charge in [-0.2, -0.15) is 5.10 Å². The van der Waals surface area contributed by atoms with Crippen LogP contribution in [0.25, 0.3) is 0 Å². The van der Waals surface area contributed by atoms with E-state index in [1.54, 1.807) is 66.7 Å². The quantitative estimate of drug-likeness (QED) is 0.161. The minimum absolute atomic E-state index is 0.206. The molecule has 0 aromatic heterocycles. The van der Waals surface area contributed by atoms with E-state index in [4.69, 9.17) is 21.1 Å². The number of nitrogens with zero attached hydrogens (tertiary/aromatic N) is 1. The first-order valence-corrected chi connectivity index (χ1v) is 10.6. The van der Waals surface area contributed by atoms with Gasteiger partial charge in [0, 0.05) is 10.0 Å². The molecule has 0 saturated carbocycles. The Morgan fingerprint density at radius 1 is 1.00 bits per heavy atom. The molecule has 0 radical (unpaired) electrons. The molecule has 0 unspecified atom stereocenters. The van der Waals surface area contributed by atoms with Crippen molar-refractivity contribution in [3.05, 3.63) is 87.4 Å². The zero-order valence-corrected chi connectivity index (χ0v) is 19.5. The highest BCUT2D eigenvalue weighted by Crippen LogP contribution is 2.23. The maximum absolute atomic E-state index is 12.5. The predicted molar refractivity (Wildman–Crippen MR) is 128 cm³/mol. The number of anilines is 1. The third-order valence-corrected chi connectivity index (χ3v) is 5.02. The summed E-state index contributed by atoms with van der Waals surface area (Å²) in [7, 11) is 1.53. The Balaban J connectivity index is 1.67. The second kappa shape index (κ2) is 11.3. The van der Waals surface area contributed by atoms with Gasteiger partial charge in [0.15, 0.2) is 0 Å². The molecule has 0 aliphatic heterocycles. The van der Waals surface area contributed by atoms with E-state index in [-0.39, 0.29) is 5.75 Å². The highest BCUT2D eigenvalue weighted by molar-refractivity contribution is 9.10. The van der Waals surface area contributed by atoms with E-state index in [0.29, 0.717) is 32.1 Å². The molecule has 10 heteroatoms. The predicted octanol–water partition coefficient (Wildman–Crippen LogP) is 4.42. The highest BCUT2D eigenvalue weighted by Gasteiger charge is 2.15. The minimum Gasteiger partial charge on any atom is -0.497 e. The molecule has 0 bridgehead atoms. The fourth-order valence-electron chi connectivity index (χ4n) is 2.55. The van der Waals surface area contributed by atoms with Gasteiger partial charge in [0.1, 0.15) is 11.5 Å². The van der Waals surface area contributed by atoms with Crippen molar-refractivity contribution >= 4 is 57.2 Å². The van der Waals surface area contributed by atoms with Crippen LogP contribution in [-0.4, -0.2) is 31.1 Å². The van der Waals surface area contributed by atoms with Gasteiger partial charge < -0.3 is 14.8 Å². The van der Waals surface area contributed by atoms with Gasteiger partial charge in [0.2, 0.25) is 0 Å². The van der Waals surface area contributed by atoms with E-state index in [9.17, 15) is 14.4 Å². The number of para-hydroxylation sites is 1. The van der Waals surface area contributed by atoms with E-state index >= 15 is 0 Å². The molecule has 3 aromatic carbocycles. The van der Waals surface area contributed by atoms with E-state index in [1.807, 2.05) is 0 Å². The van der Waals surface area contributed by atoms with Gasteiger partial charge in [-0.15, -0.1) is 0 Å². The maximum atomic E-state index is 12.5. The smallest absolute Gasteiger partial charge is 0.343 e. The van der Waals surface area contributed by atoms with Crippen molar-refractivity contribution in [2.45, 2.75) is 0 Å². The van der Waals surface area contributed by atoms with Crippen LogP contribution in [0.2, 0.25) is 5.02 Å². The van der Waals surface area contributed by atoms with Crippen molar-refractivity contribution in [1.29, 1.82) is 0 Å². The summed E-state index contributed by atoms with van der Waals surface area (Å²) in [5, 5.41) is 6.46. The van der Waals surface area contributed by atoms with Crippen molar-refractivity contribution in [2.75, 3.05) is 12.4 Å². The van der Waals surface area contributed by atoms with Crippen LogP contribution in [0.4, 0.5) is 5.69 Å². The number of hydrogen-bond acceptors (Lipinski definition) is 6. The molecule has 3 rings (SSSR count). The van der Waals surface area contributed by atoms with Gasteiger partial charge in [-0.1, -0.05) is 39.7 Å². The number of rotatable bonds is 6. The highest BCUT2D eigenvalue weighted by atomic mass is 79.9. The maximum Gasteiger partial charge on any atom is 0.343 e. The van der Waals surface area contributed by atoms with Gasteiger partial charge in [-0.25, -0.2) is 10.2 Å². The summed E-state index contributed by atoms with van der Waals surface area (Å²) >= 11 is 9.29. The summed E-state index contributed by atoms with van der Waals surface area (Å²) < 4.78 is 11.2. The Hall–Kier alpha value is -3.69. The molecule has 2 N–H and O–H groups in total. The van der Waals surface area contributed by atoms with Crippen LogP contribution in [0.15, 0.2) is 76.3 Å². The lowest BCUT2D eigenvalue weighted by Gasteiger charge is -2.09. The number of benzene rings is 3. The average molecular weight is 531 g/mol. The molecule has 0 fully saturated rings. The Kier molecular flexibility index (Phi) is 8.17. The molecule has 0 spiro atoms. The van der Waals surface area contributed by atoms with E-state index in [2.05, 4.69) is 31.8 Å². The van der Waals surface area contributed by atoms with E-state index < -0.39 is 17.8 Å². The second-order valence-electron chi connectivity index (χ2n) is 6.43. The van der Waals surface area contributed by atoms with Gasteiger partial charge in [-0.3, -0.25) is 9.59 Å². The number of esters is 1. The first-order chi connectivity index (χ1) is 15.9. The molecule has 2 amide bonds. The van der Waals surface area contributed by atoms with Crippen molar-refractivity contribution < 1.29 is 23.9 Å². The van der Waals surface area contributed by atoms with E-state index in [1.165, 1.54) is 13.3 Å². The second-order valence-corrected chi connectivity index (χ2v) is 7.76. The number of ether oxygens (including phenoxy) is 2. The zero-order chi connectivity index (χ0) is 23.8. The number of methoxy groups -OCH3 is 1. The van der Waals surface area contributed by atoms with E-state index in [0.717, 1.165) is 0 Å². The van der Waals surface area contributed by atoms with Crippen molar-refractivity contribution in [3.8, 4) is 11.5 Å². The lowest BCUT2D eigenvalue weighted by atomic mass is 10.2. The Labute approximate surface area is 202 Å². The Bertz CT molecular complexity index is 1210. The molecular formula is C23H17BrClN3O5. The number of hydrazone groups is 1. The fraction of sp³-hybridized carbons (Fsp3) is 0.0435. The normalized spacial score (nSPS) is 10.5. The molecule has 168 valence electrons. The molecule has 0 heterocycles. The van der Waals surface area contributed by atoms with Crippen molar-refractivity contribution in [3.63, 3.8) is 0 Å². The van der Waals surface area contributed by atoms with Crippen molar-refractivity contribution in [1.82, 2.24) is 5.43 Å². The summed E-state index contributed by atoms with van der Waals surface area (Å²) in [5.74, 6) is -1.72. The molecule has 0 atom stereocenters. The third-order valence-electron chi connectivity index (χ3n) is 4.20. The lowest BCUT2D eigenvalue weighted by Crippen LogP contribution is -2.32. The molecule has 8 nitrogen and oxygen atoms in total. The van der Waals surface area contributed by atoms with Gasteiger partial charge in [-0.05, 0) is 54.6 Å². The van der Waals surface area contributed by atoms with Gasteiger partial charge >= 0.3 is 17.8 Å². The first-order valence-electron chi connectivity index (χ1n) is 9.42. The third kappa shape index (κ3) is 6.64. The monoisotopic (exact) mass is 529 g/mol. The Morgan fingerprint density at radius 3 is 2.42 bits per heavy atom. The summed E-state index contributed by atoms with van der Waals surface area (Å²) in [4.78, 5) is 36.5. The number of carbonyl (C=O) groups excluding carboxylic acids is 3. The first kappa shape index (κ1) is 24.0. The summed E-state index contributed by atoms with van der Waals surface area (Å²) in [5.41, 5.74) is 3.13. The number of carbonyl (C=O) groups is 3. The van der Waals surface area contributed by atoms with Gasteiger partial charge in [0.05, 0.1) is 29.6 Å². The van der Waals surface area contributed by atoms with Crippen LogP contribution in [0.5, 0.6) is 11.5 Å². The largest absolute Gasteiger partial charge is 0.497 e. The van der Waals surface area contributed by atoms with Crippen LogP contribution in [0.3, 0.4) is 0 Å². The standard InChI is InChI=1S/C23H17BrClN3O5/c1-32-17-9-6-14(7-10-17)23(31)33-20-11-8-16(24)12-15(20)13-26-28-22(30)21(29)27-19-5-3-2-4-18(19)25/h2-13H,1H3,(H,27,29)(H,28,30). The molecular weight excluding hydrogens is 514 g/mol. The molecule has 33 heavy (non-hydrogen) atoms. The van der Waals surface area contributed by atoms with Crippen molar-refractivity contribution in [2.24, 2.45) is 5.10 Å². The number of amides is 2. The van der Waals surface area contributed by atoms with Crippen LogP contribution in [0, 0.1) is 0 Å². The summed E-state index contributed by atoms with van der Waals surface area (Å²) in [6.45, 7) is 0. The zero-order valence-electron chi connectivity index (χ0n) is 17.2. The molecule has 0 saturated heterocycles. The number of nitrogens with one attached hydrogen (secondary N) is 2. The summed E-state index contributed by atoms with van der Waals surface area (Å²) in [6.07, 6.45) is 1.25. The van der Waals surface area contributed by atoms with Crippen LogP contribution in [-0.2, 0) is 9.59 Å². The topological polar surface area (TPSA) is 106 Å². The van der Waals surface area contributed by atoms with Crippen LogP contribution in [0.1, 0.15) is 15.9 Å². The molecule has 0 aliphatic rings. The number of halogens is 2. The molecule has 0 aliphatic carbocycles. The Morgan fingerprint density at radius 2 is 1.73 bits per heavy atom. The molecule has 3 aromatic rings. The minimum atomic E-state index is -1.00. The SMILES string of the molecule is COc1ccc(C(=O)Oc2ccc(Br)cc2C=NNC(=O)C(=O)Nc2ccccc2Cl)cc1. The lowest BCUT2D eigenvalue weighted by molar-refractivity contribution is -0.136. The summed E-state index contributed by atoms with van der Waals surface area (Å²) in [6, 6.07) is 17.8.